The van der Waals surface area contributed by atoms with E-state index < -0.39 is 11.7 Å². The van der Waals surface area contributed by atoms with Crippen molar-refractivity contribution in [2.75, 3.05) is 4.90 Å². The number of thioether (sulfide) groups is 1. The molecule has 0 atom stereocenters. The van der Waals surface area contributed by atoms with E-state index >= 15 is 0 Å². The van der Waals surface area contributed by atoms with Crippen molar-refractivity contribution in [3.63, 3.8) is 0 Å². The summed E-state index contributed by atoms with van der Waals surface area (Å²) in [4.78, 5) is 15.3. The number of anilines is 1. The first-order valence-corrected chi connectivity index (χ1v) is 7.86. The van der Waals surface area contributed by atoms with Gasteiger partial charge in [-0.25, -0.2) is 9.69 Å². The van der Waals surface area contributed by atoms with Gasteiger partial charge in [0.2, 0.25) is 0 Å². The van der Waals surface area contributed by atoms with Crippen LogP contribution in [0.25, 0.3) is 5.70 Å². The van der Waals surface area contributed by atoms with Crippen molar-refractivity contribution in [2.24, 2.45) is 0 Å². The maximum absolute atomic E-state index is 12.7. The number of rotatable bonds is 1. The highest BCUT2D eigenvalue weighted by molar-refractivity contribution is 8.02. The van der Waals surface area contributed by atoms with E-state index in [1.807, 2.05) is 56.5 Å². The standard InChI is InChI=1S/C17H17NO3S/c1-17(2,3)21-16(19)18-12-7-4-5-9-15(12)22-11-13(18)14-8-6-10-20-14/h4-11H,1-3H3. The van der Waals surface area contributed by atoms with Crippen LogP contribution < -0.4 is 4.90 Å². The third-order valence-corrected chi connectivity index (χ3v) is 3.93. The van der Waals surface area contributed by atoms with Gasteiger partial charge < -0.3 is 9.15 Å². The molecule has 0 unspecified atom stereocenters. The van der Waals surface area contributed by atoms with Gasteiger partial charge in [0.05, 0.1) is 12.0 Å². The highest BCUT2D eigenvalue weighted by Gasteiger charge is 2.31. The number of para-hydroxylation sites is 1. The van der Waals surface area contributed by atoms with Gasteiger partial charge in [-0.15, -0.1) is 0 Å². The monoisotopic (exact) mass is 315 g/mol. The van der Waals surface area contributed by atoms with Gasteiger partial charge in [-0.1, -0.05) is 23.9 Å². The number of hydrogen-bond acceptors (Lipinski definition) is 4. The molecule has 0 aliphatic carbocycles. The minimum atomic E-state index is -0.565. The van der Waals surface area contributed by atoms with Crippen LogP contribution in [0.1, 0.15) is 26.5 Å². The van der Waals surface area contributed by atoms with E-state index in [-0.39, 0.29) is 0 Å². The molecule has 1 amide bonds. The van der Waals surface area contributed by atoms with E-state index in [2.05, 4.69) is 0 Å². The van der Waals surface area contributed by atoms with Crippen molar-refractivity contribution in [3.8, 4) is 0 Å². The zero-order chi connectivity index (χ0) is 15.7. The molecule has 1 aromatic carbocycles. The van der Waals surface area contributed by atoms with Crippen molar-refractivity contribution in [3.05, 3.63) is 53.8 Å². The van der Waals surface area contributed by atoms with Crippen LogP contribution in [-0.4, -0.2) is 11.7 Å². The summed E-state index contributed by atoms with van der Waals surface area (Å²) in [5.41, 5.74) is 0.920. The predicted molar refractivity (Wildman–Crippen MR) is 87.7 cm³/mol. The second kappa shape index (κ2) is 5.57. The summed E-state index contributed by atoms with van der Waals surface area (Å²) in [5, 5.41) is 1.91. The Morgan fingerprint density at radius 1 is 1.18 bits per heavy atom. The van der Waals surface area contributed by atoms with E-state index in [1.165, 1.54) is 0 Å². The quantitative estimate of drug-likeness (QED) is 0.732. The zero-order valence-electron chi connectivity index (χ0n) is 12.7. The van der Waals surface area contributed by atoms with Crippen molar-refractivity contribution in [1.82, 2.24) is 0 Å². The second-order valence-corrected chi connectivity index (χ2v) is 6.79. The van der Waals surface area contributed by atoms with Crippen molar-refractivity contribution in [1.29, 1.82) is 0 Å². The average Bonchev–Trinajstić information content (AvgIpc) is 2.98. The highest BCUT2D eigenvalue weighted by atomic mass is 32.2. The Morgan fingerprint density at radius 2 is 1.95 bits per heavy atom. The molecule has 0 bridgehead atoms. The number of ether oxygens (including phenoxy) is 1. The molecule has 1 aliphatic rings. The molecular weight excluding hydrogens is 298 g/mol. The SMILES string of the molecule is CC(C)(C)OC(=O)N1C(c2ccco2)=CSc2ccccc21. The van der Waals surface area contributed by atoms with E-state index in [1.54, 1.807) is 29.0 Å². The van der Waals surface area contributed by atoms with Gasteiger partial charge in [0, 0.05) is 10.3 Å². The fourth-order valence-corrected chi connectivity index (χ4v) is 3.04. The number of nitrogens with zero attached hydrogens (tertiary/aromatic N) is 1. The molecule has 0 saturated heterocycles. The fourth-order valence-electron chi connectivity index (χ4n) is 2.14. The van der Waals surface area contributed by atoms with Crippen molar-refractivity contribution in [2.45, 2.75) is 31.3 Å². The molecule has 2 heterocycles. The van der Waals surface area contributed by atoms with Crippen LogP contribution in [-0.2, 0) is 4.74 Å². The lowest BCUT2D eigenvalue weighted by atomic mass is 10.2. The average molecular weight is 315 g/mol. The summed E-state index contributed by atoms with van der Waals surface area (Å²) in [6.45, 7) is 5.56. The first-order chi connectivity index (χ1) is 10.5. The molecule has 22 heavy (non-hydrogen) atoms. The van der Waals surface area contributed by atoms with Crippen molar-refractivity contribution >= 4 is 29.2 Å². The van der Waals surface area contributed by atoms with Crippen LogP contribution in [0.5, 0.6) is 0 Å². The van der Waals surface area contributed by atoms with E-state index in [4.69, 9.17) is 9.15 Å². The third kappa shape index (κ3) is 2.90. The van der Waals surface area contributed by atoms with Gasteiger partial charge in [0.1, 0.15) is 11.3 Å². The zero-order valence-corrected chi connectivity index (χ0v) is 13.5. The summed E-state index contributed by atoms with van der Waals surface area (Å²) >= 11 is 1.56. The minimum Gasteiger partial charge on any atom is -0.463 e. The molecule has 0 N–H and O–H groups in total. The molecule has 1 aliphatic heterocycles. The predicted octanol–water partition coefficient (Wildman–Crippen LogP) is 5.13. The number of hydrogen-bond donors (Lipinski definition) is 0. The number of carbonyl (C=O) groups excluding carboxylic acids is 1. The fraction of sp³-hybridized carbons (Fsp3) is 0.235. The van der Waals surface area contributed by atoms with Gasteiger partial charge in [-0.3, -0.25) is 0 Å². The molecule has 0 saturated carbocycles. The first kappa shape index (κ1) is 14.8. The van der Waals surface area contributed by atoms with E-state index in [9.17, 15) is 4.79 Å². The molecule has 1 aromatic heterocycles. The van der Waals surface area contributed by atoms with E-state index in [0.717, 1.165) is 10.6 Å². The number of furan rings is 1. The Labute approximate surface area is 133 Å². The van der Waals surface area contributed by atoms with Gasteiger partial charge in [-0.05, 0) is 45.0 Å². The molecule has 114 valence electrons. The third-order valence-electron chi connectivity index (χ3n) is 2.99. The molecular formula is C17H17NO3S. The van der Waals surface area contributed by atoms with Gasteiger partial charge >= 0.3 is 6.09 Å². The molecule has 2 aromatic rings. The summed E-state index contributed by atoms with van der Waals surface area (Å²) in [6.07, 6.45) is 1.18. The van der Waals surface area contributed by atoms with Gasteiger partial charge in [0.15, 0.2) is 5.76 Å². The minimum absolute atomic E-state index is 0.414. The Hall–Kier alpha value is -2.14. The van der Waals surface area contributed by atoms with Crippen LogP contribution in [0.15, 0.2) is 57.4 Å². The molecule has 0 spiro atoms. The number of benzene rings is 1. The first-order valence-electron chi connectivity index (χ1n) is 6.98. The summed E-state index contributed by atoms with van der Waals surface area (Å²) in [5.74, 6) is 0.632. The number of fused-ring (bicyclic) bond motifs is 1. The Bertz CT molecular complexity index is 714. The normalized spacial score (nSPS) is 14.3. The topological polar surface area (TPSA) is 42.7 Å². The van der Waals surface area contributed by atoms with Crippen molar-refractivity contribution < 1.29 is 13.9 Å². The van der Waals surface area contributed by atoms with E-state index in [0.29, 0.717) is 11.5 Å². The van der Waals surface area contributed by atoms with Crippen LogP contribution in [0.2, 0.25) is 0 Å². The largest absolute Gasteiger partial charge is 0.463 e. The lowest BCUT2D eigenvalue weighted by Crippen LogP contribution is -2.36. The maximum Gasteiger partial charge on any atom is 0.419 e. The molecule has 3 rings (SSSR count). The smallest absolute Gasteiger partial charge is 0.419 e. The second-order valence-electron chi connectivity index (χ2n) is 5.88. The number of carbonyl (C=O) groups is 1. The highest BCUT2D eigenvalue weighted by Crippen LogP contribution is 2.42. The van der Waals surface area contributed by atoms with Gasteiger partial charge in [0.25, 0.3) is 0 Å². The van der Waals surface area contributed by atoms with Crippen LogP contribution in [0.3, 0.4) is 0 Å². The molecule has 0 radical (unpaired) electrons. The van der Waals surface area contributed by atoms with Crippen LogP contribution in [0, 0.1) is 0 Å². The van der Waals surface area contributed by atoms with Gasteiger partial charge in [-0.2, -0.15) is 0 Å². The Kier molecular flexibility index (Phi) is 3.74. The lowest BCUT2D eigenvalue weighted by Gasteiger charge is -2.31. The molecule has 5 heteroatoms. The summed E-state index contributed by atoms with van der Waals surface area (Å²) in [6, 6.07) is 11.4. The molecule has 0 fully saturated rings. The Balaban J connectivity index is 2.04. The molecule has 4 nitrogen and oxygen atoms in total. The number of amides is 1. The summed E-state index contributed by atoms with van der Waals surface area (Å²) in [7, 11) is 0. The lowest BCUT2D eigenvalue weighted by molar-refractivity contribution is 0.0599. The van der Waals surface area contributed by atoms with Crippen LogP contribution >= 0.6 is 11.8 Å². The van der Waals surface area contributed by atoms with Crippen LogP contribution in [0.4, 0.5) is 10.5 Å². The summed E-state index contributed by atoms with van der Waals surface area (Å²) < 4.78 is 11.0. The maximum atomic E-state index is 12.7. The Morgan fingerprint density at radius 3 is 2.64 bits per heavy atom.